The van der Waals surface area contributed by atoms with Crippen molar-refractivity contribution >= 4 is 11.9 Å². The van der Waals surface area contributed by atoms with Gasteiger partial charge in [0.15, 0.2) is 0 Å². The maximum atomic E-state index is 13.1. The maximum Gasteiger partial charge on any atom is 0.257 e. The summed E-state index contributed by atoms with van der Waals surface area (Å²) in [6.07, 6.45) is 9.61. The first-order valence-electron chi connectivity index (χ1n) is 8.85. The van der Waals surface area contributed by atoms with E-state index in [-0.39, 0.29) is 11.9 Å². The van der Waals surface area contributed by atoms with Crippen molar-refractivity contribution in [2.45, 2.75) is 45.2 Å². The fourth-order valence-corrected chi connectivity index (χ4v) is 3.32. The number of hydrogen-bond donors (Lipinski definition) is 0. The summed E-state index contributed by atoms with van der Waals surface area (Å²) in [6.45, 7) is 3.51. The van der Waals surface area contributed by atoms with E-state index in [1.54, 1.807) is 12.4 Å². The number of carbonyl (C=O) groups is 1. The average Bonchev–Trinajstić information content (AvgIpc) is 3.13. The number of rotatable bonds is 5. The van der Waals surface area contributed by atoms with Gasteiger partial charge < -0.3 is 9.80 Å². The van der Waals surface area contributed by atoms with Crippen LogP contribution < -0.4 is 4.90 Å². The third-order valence-electron chi connectivity index (χ3n) is 4.74. The standard InChI is InChI=1S/C18H26N6O/c1-14-16(13-19-18(21-14)22(2)3)17(25)24-11-5-4-7-15(24)8-12-23-10-6-9-20-23/h6,9-10,13,15H,4-5,7-8,11-12H2,1-3H3. The smallest absolute Gasteiger partial charge is 0.257 e. The largest absolute Gasteiger partial charge is 0.347 e. The number of amides is 1. The summed E-state index contributed by atoms with van der Waals surface area (Å²) in [5, 5.41) is 4.26. The number of aryl methyl sites for hydroxylation is 2. The van der Waals surface area contributed by atoms with E-state index in [2.05, 4.69) is 15.1 Å². The van der Waals surface area contributed by atoms with Crippen LogP contribution >= 0.6 is 0 Å². The Morgan fingerprint density at radius 2 is 2.20 bits per heavy atom. The van der Waals surface area contributed by atoms with Crippen molar-refractivity contribution in [2.24, 2.45) is 0 Å². The fourth-order valence-electron chi connectivity index (χ4n) is 3.32. The third-order valence-corrected chi connectivity index (χ3v) is 4.74. The van der Waals surface area contributed by atoms with Gasteiger partial charge in [-0.05, 0) is 38.7 Å². The van der Waals surface area contributed by atoms with Gasteiger partial charge in [-0.2, -0.15) is 5.10 Å². The zero-order valence-electron chi connectivity index (χ0n) is 15.2. The Hall–Kier alpha value is -2.44. The first-order chi connectivity index (χ1) is 12.1. The number of hydrogen-bond acceptors (Lipinski definition) is 5. The SMILES string of the molecule is Cc1nc(N(C)C)ncc1C(=O)N1CCCCC1CCn1cccn1. The molecule has 1 saturated heterocycles. The molecule has 7 heteroatoms. The summed E-state index contributed by atoms with van der Waals surface area (Å²) >= 11 is 0. The van der Waals surface area contributed by atoms with Crippen LogP contribution in [0.4, 0.5) is 5.95 Å². The van der Waals surface area contributed by atoms with Gasteiger partial charge in [-0.25, -0.2) is 9.97 Å². The monoisotopic (exact) mass is 342 g/mol. The molecule has 2 aromatic rings. The molecule has 0 spiro atoms. The van der Waals surface area contributed by atoms with Gasteiger partial charge in [0.2, 0.25) is 5.95 Å². The molecular formula is C18H26N6O. The normalized spacial score (nSPS) is 17.6. The van der Waals surface area contributed by atoms with Crippen molar-refractivity contribution in [3.8, 4) is 0 Å². The molecule has 3 heterocycles. The molecule has 3 rings (SSSR count). The van der Waals surface area contributed by atoms with E-state index in [0.29, 0.717) is 11.5 Å². The van der Waals surface area contributed by atoms with Crippen LogP contribution in [0.2, 0.25) is 0 Å². The predicted molar refractivity (Wildman–Crippen MR) is 96.6 cm³/mol. The van der Waals surface area contributed by atoms with Crippen molar-refractivity contribution < 1.29 is 4.79 Å². The van der Waals surface area contributed by atoms with E-state index in [9.17, 15) is 4.79 Å². The Morgan fingerprint density at radius 1 is 1.36 bits per heavy atom. The summed E-state index contributed by atoms with van der Waals surface area (Å²) in [7, 11) is 3.79. The minimum Gasteiger partial charge on any atom is -0.347 e. The lowest BCUT2D eigenvalue weighted by molar-refractivity contribution is 0.0592. The Morgan fingerprint density at radius 3 is 2.88 bits per heavy atom. The molecule has 25 heavy (non-hydrogen) atoms. The van der Waals surface area contributed by atoms with Crippen LogP contribution in [0.15, 0.2) is 24.7 Å². The van der Waals surface area contributed by atoms with Crippen LogP contribution in [-0.2, 0) is 6.54 Å². The Labute approximate surface area is 148 Å². The summed E-state index contributed by atoms with van der Waals surface area (Å²) in [5.41, 5.74) is 1.34. The Bertz CT molecular complexity index is 712. The minimum atomic E-state index is 0.0490. The van der Waals surface area contributed by atoms with Crippen molar-refractivity contribution in [3.05, 3.63) is 35.9 Å². The van der Waals surface area contributed by atoms with E-state index in [1.165, 1.54) is 6.42 Å². The van der Waals surface area contributed by atoms with Crippen LogP contribution in [0, 0.1) is 6.92 Å². The van der Waals surface area contributed by atoms with Gasteiger partial charge in [-0.15, -0.1) is 0 Å². The van der Waals surface area contributed by atoms with E-state index in [0.717, 1.165) is 38.0 Å². The van der Waals surface area contributed by atoms with Crippen LogP contribution in [0.5, 0.6) is 0 Å². The lowest BCUT2D eigenvalue weighted by Crippen LogP contribution is -2.44. The maximum absolute atomic E-state index is 13.1. The molecular weight excluding hydrogens is 316 g/mol. The molecule has 1 fully saturated rings. The molecule has 1 atom stereocenters. The number of carbonyl (C=O) groups excluding carboxylic acids is 1. The van der Waals surface area contributed by atoms with Gasteiger partial charge in [0, 0.05) is 51.8 Å². The Balaban J connectivity index is 1.74. The summed E-state index contributed by atoms with van der Waals surface area (Å²) in [6, 6.07) is 2.18. The quantitative estimate of drug-likeness (QED) is 0.833. The second kappa shape index (κ2) is 7.63. The number of aromatic nitrogens is 4. The third kappa shape index (κ3) is 3.97. The molecule has 0 saturated carbocycles. The molecule has 0 aromatic carbocycles. The van der Waals surface area contributed by atoms with Crippen LogP contribution in [0.25, 0.3) is 0 Å². The molecule has 134 valence electrons. The van der Waals surface area contributed by atoms with Crippen LogP contribution in [-0.4, -0.2) is 57.2 Å². The molecule has 2 aromatic heterocycles. The van der Waals surface area contributed by atoms with Gasteiger partial charge in [0.25, 0.3) is 5.91 Å². The van der Waals surface area contributed by atoms with Crippen molar-refractivity contribution in [3.63, 3.8) is 0 Å². The first kappa shape index (κ1) is 17.4. The number of anilines is 1. The van der Waals surface area contributed by atoms with Crippen molar-refractivity contribution in [2.75, 3.05) is 25.5 Å². The van der Waals surface area contributed by atoms with E-state index in [1.807, 2.05) is 47.8 Å². The molecule has 7 nitrogen and oxygen atoms in total. The number of piperidine rings is 1. The second-order valence-electron chi connectivity index (χ2n) is 6.77. The van der Waals surface area contributed by atoms with E-state index >= 15 is 0 Å². The second-order valence-corrected chi connectivity index (χ2v) is 6.77. The summed E-state index contributed by atoms with van der Waals surface area (Å²) in [4.78, 5) is 25.7. The highest BCUT2D eigenvalue weighted by molar-refractivity contribution is 5.95. The fraction of sp³-hybridized carbons (Fsp3) is 0.556. The molecule has 1 amide bonds. The highest BCUT2D eigenvalue weighted by Gasteiger charge is 2.28. The number of likely N-dealkylation sites (tertiary alicyclic amines) is 1. The van der Waals surface area contributed by atoms with Crippen molar-refractivity contribution in [1.29, 1.82) is 0 Å². The molecule has 0 aliphatic carbocycles. The molecule has 0 radical (unpaired) electrons. The van der Waals surface area contributed by atoms with Crippen LogP contribution in [0.1, 0.15) is 41.7 Å². The highest BCUT2D eigenvalue weighted by atomic mass is 16.2. The number of nitrogens with zero attached hydrogens (tertiary/aromatic N) is 6. The summed E-state index contributed by atoms with van der Waals surface area (Å²) in [5.74, 6) is 0.677. The molecule has 1 aliphatic heterocycles. The van der Waals surface area contributed by atoms with Crippen LogP contribution in [0.3, 0.4) is 0 Å². The molecule has 1 unspecified atom stereocenters. The van der Waals surface area contributed by atoms with Gasteiger partial charge >= 0.3 is 0 Å². The minimum absolute atomic E-state index is 0.0490. The van der Waals surface area contributed by atoms with Gasteiger partial charge in [-0.3, -0.25) is 9.48 Å². The summed E-state index contributed by atoms with van der Waals surface area (Å²) < 4.78 is 1.93. The molecule has 0 bridgehead atoms. The zero-order chi connectivity index (χ0) is 17.8. The predicted octanol–water partition coefficient (Wildman–Crippen LogP) is 2.13. The average molecular weight is 342 g/mol. The van der Waals surface area contributed by atoms with Crippen molar-refractivity contribution in [1.82, 2.24) is 24.6 Å². The lowest BCUT2D eigenvalue weighted by atomic mass is 9.98. The molecule has 1 aliphatic rings. The van der Waals surface area contributed by atoms with Gasteiger partial charge in [-0.1, -0.05) is 0 Å². The van der Waals surface area contributed by atoms with Gasteiger partial charge in [0.1, 0.15) is 0 Å². The highest BCUT2D eigenvalue weighted by Crippen LogP contribution is 2.23. The first-order valence-corrected chi connectivity index (χ1v) is 8.85. The van der Waals surface area contributed by atoms with E-state index < -0.39 is 0 Å². The Kier molecular flexibility index (Phi) is 5.31. The van der Waals surface area contributed by atoms with Gasteiger partial charge in [0.05, 0.1) is 11.3 Å². The lowest BCUT2D eigenvalue weighted by Gasteiger charge is -2.36. The van der Waals surface area contributed by atoms with E-state index in [4.69, 9.17) is 0 Å². The molecule has 0 N–H and O–H groups in total. The zero-order valence-corrected chi connectivity index (χ0v) is 15.2. The topological polar surface area (TPSA) is 67.2 Å².